The Kier molecular flexibility index (Phi) is 39.1. The van der Waals surface area contributed by atoms with Crippen LogP contribution in [0.5, 0.6) is 0 Å². The molecule has 314 valence electrons. The molecule has 10 heteroatoms. The second-order valence-corrected chi connectivity index (χ2v) is 15.7. The lowest BCUT2D eigenvalue weighted by Gasteiger charge is -2.15. The van der Waals surface area contributed by atoms with Crippen molar-refractivity contribution in [3.05, 3.63) is 48.6 Å². The van der Waals surface area contributed by atoms with Crippen LogP contribution >= 0.6 is 7.82 Å². The highest BCUT2D eigenvalue weighted by Crippen LogP contribution is 2.42. The number of allylic oxidation sites excluding steroid dienone is 8. The summed E-state index contributed by atoms with van der Waals surface area (Å²) in [5.41, 5.74) is 0. The summed E-state index contributed by atoms with van der Waals surface area (Å²) in [5.74, 6) is -0.535. The highest BCUT2D eigenvalue weighted by molar-refractivity contribution is 7.47. The lowest BCUT2D eigenvalue weighted by Crippen LogP contribution is -2.27. The zero-order valence-corrected chi connectivity index (χ0v) is 35.3. The maximum Gasteiger partial charge on any atom is 0.472 e. The molecule has 9 nitrogen and oxygen atoms in total. The van der Waals surface area contributed by atoms with Gasteiger partial charge >= 0.3 is 13.8 Å². The molecule has 0 fully saturated rings. The molecule has 0 spiro atoms. The molecule has 0 aromatic heterocycles. The van der Waals surface area contributed by atoms with Crippen LogP contribution in [0.1, 0.15) is 187 Å². The fourth-order valence-corrected chi connectivity index (χ4v) is 6.50. The largest absolute Gasteiger partial charge is 0.472 e. The second-order valence-electron chi connectivity index (χ2n) is 14.3. The minimum absolute atomic E-state index is 0.0738. The molecule has 3 N–H and O–H groups in total. The van der Waals surface area contributed by atoms with Crippen LogP contribution in [-0.4, -0.2) is 54.3 Å². The van der Waals surface area contributed by atoms with Gasteiger partial charge in [0.2, 0.25) is 5.91 Å². The molecule has 0 bridgehead atoms. The number of ether oxygens (including phenoxy) is 1. The van der Waals surface area contributed by atoms with Crippen molar-refractivity contribution in [1.82, 2.24) is 5.32 Å². The van der Waals surface area contributed by atoms with Crippen molar-refractivity contribution in [2.75, 3.05) is 26.4 Å². The Hall–Kier alpha value is -2.03. The number of phosphoric acid groups is 1. The third-order valence-corrected chi connectivity index (χ3v) is 9.98. The Morgan fingerprint density at radius 2 is 1.06 bits per heavy atom. The summed E-state index contributed by atoms with van der Waals surface area (Å²) < 4.78 is 26.9. The molecule has 2 unspecified atom stereocenters. The number of rotatable bonds is 40. The van der Waals surface area contributed by atoms with Gasteiger partial charge in [0.1, 0.15) is 12.7 Å². The maximum atomic E-state index is 12.1. The number of hydrogen-bond donors (Lipinski definition) is 3. The van der Waals surface area contributed by atoms with E-state index in [1.165, 1.54) is 77.0 Å². The molecule has 0 saturated heterocycles. The van der Waals surface area contributed by atoms with E-state index >= 15 is 0 Å². The van der Waals surface area contributed by atoms with E-state index in [4.69, 9.17) is 13.8 Å². The topological polar surface area (TPSA) is 131 Å². The fraction of sp³-hybridized carbons (Fsp3) is 0.773. The molecule has 2 atom stereocenters. The highest BCUT2D eigenvalue weighted by atomic mass is 31.2. The summed E-state index contributed by atoms with van der Waals surface area (Å²) >= 11 is 0. The summed E-state index contributed by atoms with van der Waals surface area (Å²) in [6.07, 6.45) is 46.1. The van der Waals surface area contributed by atoms with Gasteiger partial charge in [-0.15, -0.1) is 0 Å². The third-order valence-electron chi connectivity index (χ3n) is 8.99. The molecule has 0 aromatic carbocycles. The van der Waals surface area contributed by atoms with Crippen molar-refractivity contribution < 1.29 is 37.9 Å². The number of unbranched alkanes of at least 4 members (excludes halogenated alkanes) is 19. The first-order chi connectivity index (χ1) is 26.3. The average molecular weight is 782 g/mol. The number of amides is 1. The van der Waals surface area contributed by atoms with E-state index in [1.54, 1.807) is 0 Å². The van der Waals surface area contributed by atoms with Crippen molar-refractivity contribution in [3.63, 3.8) is 0 Å². The van der Waals surface area contributed by atoms with E-state index in [2.05, 4.69) is 67.8 Å². The van der Waals surface area contributed by atoms with Gasteiger partial charge in [0.15, 0.2) is 0 Å². The summed E-state index contributed by atoms with van der Waals surface area (Å²) in [6, 6.07) is 0. The van der Waals surface area contributed by atoms with Crippen LogP contribution in [0, 0.1) is 0 Å². The van der Waals surface area contributed by atoms with Gasteiger partial charge in [-0.1, -0.05) is 152 Å². The zero-order chi connectivity index (χ0) is 39.6. The van der Waals surface area contributed by atoms with E-state index < -0.39 is 26.5 Å². The monoisotopic (exact) mass is 782 g/mol. The van der Waals surface area contributed by atoms with Crippen molar-refractivity contribution in [2.45, 2.75) is 193 Å². The fourth-order valence-electron chi connectivity index (χ4n) is 5.74. The van der Waals surface area contributed by atoms with Gasteiger partial charge in [-0.05, 0) is 70.6 Å². The molecule has 0 radical (unpaired) electrons. The van der Waals surface area contributed by atoms with Gasteiger partial charge < -0.3 is 20.1 Å². The molecule has 1 amide bonds. The minimum atomic E-state index is -4.42. The molecule has 0 saturated carbocycles. The smallest absolute Gasteiger partial charge is 0.463 e. The Morgan fingerprint density at radius 1 is 0.593 bits per heavy atom. The van der Waals surface area contributed by atoms with Crippen molar-refractivity contribution in [2.24, 2.45) is 0 Å². The lowest BCUT2D eigenvalue weighted by atomic mass is 10.1. The van der Waals surface area contributed by atoms with Crippen LogP contribution in [-0.2, 0) is 27.9 Å². The number of esters is 1. The van der Waals surface area contributed by atoms with Gasteiger partial charge in [-0.25, -0.2) is 4.57 Å². The predicted octanol–water partition coefficient (Wildman–Crippen LogP) is 11.9. The van der Waals surface area contributed by atoms with Gasteiger partial charge in [0.05, 0.1) is 13.2 Å². The molecule has 0 aliphatic rings. The van der Waals surface area contributed by atoms with Crippen LogP contribution in [0.25, 0.3) is 0 Å². The summed E-state index contributed by atoms with van der Waals surface area (Å²) in [5, 5.41) is 12.7. The molecule has 0 aliphatic carbocycles. The maximum absolute atomic E-state index is 12.1. The van der Waals surface area contributed by atoms with E-state index in [-0.39, 0.29) is 32.1 Å². The lowest BCUT2D eigenvalue weighted by molar-refractivity contribution is -0.147. The highest BCUT2D eigenvalue weighted by Gasteiger charge is 2.23. The first-order valence-electron chi connectivity index (χ1n) is 21.6. The number of carbonyl (C=O) groups excluding carboxylic acids is 2. The first kappa shape index (κ1) is 52.0. The van der Waals surface area contributed by atoms with E-state index in [1.807, 2.05) is 0 Å². The number of aliphatic hydroxyl groups is 1. The predicted molar refractivity (Wildman–Crippen MR) is 224 cm³/mol. The third kappa shape index (κ3) is 41.1. The Balaban J connectivity index is 3.62. The van der Waals surface area contributed by atoms with Crippen LogP contribution in [0.4, 0.5) is 0 Å². The zero-order valence-electron chi connectivity index (χ0n) is 34.4. The summed E-state index contributed by atoms with van der Waals surface area (Å²) in [4.78, 5) is 33.9. The Morgan fingerprint density at radius 3 is 1.61 bits per heavy atom. The number of phosphoric ester groups is 1. The minimum Gasteiger partial charge on any atom is -0.463 e. The Labute approximate surface area is 330 Å². The van der Waals surface area contributed by atoms with Gasteiger partial charge in [0, 0.05) is 19.4 Å². The van der Waals surface area contributed by atoms with Crippen LogP contribution in [0.15, 0.2) is 48.6 Å². The van der Waals surface area contributed by atoms with Crippen LogP contribution < -0.4 is 5.32 Å². The van der Waals surface area contributed by atoms with Gasteiger partial charge in [-0.3, -0.25) is 18.6 Å². The molecular formula is C44H80NO8P. The van der Waals surface area contributed by atoms with Crippen molar-refractivity contribution in [3.8, 4) is 0 Å². The van der Waals surface area contributed by atoms with Crippen LogP contribution in [0.2, 0.25) is 0 Å². The van der Waals surface area contributed by atoms with Gasteiger partial charge in [0.25, 0.3) is 0 Å². The first-order valence-corrected chi connectivity index (χ1v) is 23.1. The molecule has 0 rings (SSSR count). The number of nitrogens with one attached hydrogen (secondary N) is 1. The number of hydrogen-bond acceptors (Lipinski definition) is 7. The molecular weight excluding hydrogens is 701 g/mol. The normalized spacial score (nSPS) is 13.8. The molecule has 54 heavy (non-hydrogen) atoms. The molecule has 0 aromatic rings. The number of aliphatic hydroxyl groups excluding tert-OH is 1. The Bertz CT molecular complexity index is 1030. The van der Waals surface area contributed by atoms with E-state index in [0.717, 1.165) is 83.5 Å². The van der Waals surface area contributed by atoms with Crippen LogP contribution in [0.3, 0.4) is 0 Å². The summed E-state index contributed by atoms with van der Waals surface area (Å²) in [7, 11) is -4.42. The molecule has 0 aliphatic heterocycles. The quantitative estimate of drug-likeness (QED) is 0.0242. The SMILES string of the molecule is CC/C=C\C/C=C\C/C=C\CCCCCCCCCC(=O)NCCOP(=O)(O)OCC(O)COC(=O)CCCCCCC/C=C\CCCCCCCCC. The standard InChI is InChI=1S/C44H80NO8P/c1-3-5-7-9-11-13-15-17-19-21-22-24-26-28-30-32-34-36-43(47)45-38-39-52-54(49,50)53-41-42(46)40-51-44(48)37-35-33-31-29-27-25-23-20-18-16-14-12-10-8-6-4-2/h5,7,11,13,17,19-20,23,42,46H,3-4,6,8-10,12,14-16,18,21-22,24-41H2,1-2H3,(H,45,47)(H,49,50)/b7-5-,13-11-,19-17-,23-20-. The average Bonchev–Trinajstić information content (AvgIpc) is 3.16. The van der Waals surface area contributed by atoms with Crippen molar-refractivity contribution in [1.29, 1.82) is 0 Å². The van der Waals surface area contributed by atoms with E-state index in [0.29, 0.717) is 6.42 Å². The van der Waals surface area contributed by atoms with Crippen molar-refractivity contribution >= 4 is 19.7 Å². The van der Waals surface area contributed by atoms with Gasteiger partial charge in [-0.2, -0.15) is 0 Å². The number of carbonyl (C=O) groups is 2. The summed E-state index contributed by atoms with van der Waals surface area (Å²) in [6.45, 7) is 3.42. The second kappa shape index (κ2) is 40.6. The molecule has 0 heterocycles. The van der Waals surface area contributed by atoms with E-state index in [9.17, 15) is 24.2 Å².